The summed E-state index contributed by atoms with van der Waals surface area (Å²) >= 11 is 0. The number of nitrogens with one attached hydrogen (secondary N) is 2. The van der Waals surface area contributed by atoms with Crippen molar-refractivity contribution in [2.24, 2.45) is 0 Å². The molecule has 0 aromatic heterocycles. The first-order valence-electron chi connectivity index (χ1n) is 7.95. The Kier molecular flexibility index (Phi) is 7.46. The highest BCUT2D eigenvalue weighted by atomic mass is 35.5. The van der Waals surface area contributed by atoms with Crippen LogP contribution in [0.1, 0.15) is 52.4 Å². The van der Waals surface area contributed by atoms with Gasteiger partial charge in [-0.3, -0.25) is 9.59 Å². The van der Waals surface area contributed by atoms with E-state index in [-0.39, 0.29) is 36.3 Å². The van der Waals surface area contributed by atoms with Gasteiger partial charge in [0.25, 0.3) is 0 Å². The normalized spacial score (nSPS) is 28.9. The van der Waals surface area contributed by atoms with E-state index in [9.17, 15) is 9.59 Å². The molecular formula is C15H28ClN3O2. The van der Waals surface area contributed by atoms with Gasteiger partial charge in [0.2, 0.25) is 11.8 Å². The molecule has 0 spiro atoms. The zero-order valence-electron chi connectivity index (χ0n) is 13.1. The van der Waals surface area contributed by atoms with Gasteiger partial charge in [0.1, 0.15) is 6.04 Å². The van der Waals surface area contributed by atoms with E-state index in [0.717, 1.165) is 45.2 Å². The number of halogens is 1. The maximum Gasteiger partial charge on any atom is 0.243 e. The summed E-state index contributed by atoms with van der Waals surface area (Å²) in [5.74, 6) is 0.176. The SMILES string of the molecule is CCCC(=O)N1CCCC1C(=O)NC1CCNC(C)C1.Cl. The van der Waals surface area contributed by atoms with Gasteiger partial charge >= 0.3 is 0 Å². The number of carbonyl (C=O) groups is 2. The maximum atomic E-state index is 12.4. The summed E-state index contributed by atoms with van der Waals surface area (Å²) < 4.78 is 0. The number of hydrogen-bond acceptors (Lipinski definition) is 3. The van der Waals surface area contributed by atoms with Gasteiger partial charge in [0.15, 0.2) is 0 Å². The Morgan fingerprint density at radius 2 is 2.10 bits per heavy atom. The Balaban J connectivity index is 0.00000220. The van der Waals surface area contributed by atoms with Crippen molar-refractivity contribution in [3.63, 3.8) is 0 Å². The standard InChI is InChI=1S/C15H27N3O2.ClH/c1-3-5-14(19)18-9-4-6-13(18)15(20)17-12-7-8-16-11(2)10-12;/h11-13,16H,3-10H2,1-2H3,(H,17,20);1H. The molecular weight excluding hydrogens is 290 g/mol. The Morgan fingerprint density at radius 3 is 2.76 bits per heavy atom. The lowest BCUT2D eigenvalue weighted by molar-refractivity contribution is -0.138. The molecule has 2 fully saturated rings. The van der Waals surface area contributed by atoms with E-state index in [0.29, 0.717) is 12.5 Å². The summed E-state index contributed by atoms with van der Waals surface area (Å²) in [6.45, 7) is 5.83. The number of piperidine rings is 1. The fraction of sp³-hybridized carbons (Fsp3) is 0.867. The number of rotatable bonds is 4. The second-order valence-corrected chi connectivity index (χ2v) is 6.08. The van der Waals surface area contributed by atoms with E-state index >= 15 is 0 Å². The van der Waals surface area contributed by atoms with Crippen LogP contribution in [0.2, 0.25) is 0 Å². The summed E-state index contributed by atoms with van der Waals surface area (Å²) in [6.07, 6.45) is 5.09. The Hall–Kier alpha value is -0.810. The molecule has 0 aliphatic carbocycles. The number of likely N-dealkylation sites (tertiary alicyclic amines) is 1. The first-order chi connectivity index (χ1) is 9.61. The highest BCUT2D eigenvalue weighted by Crippen LogP contribution is 2.20. The zero-order valence-corrected chi connectivity index (χ0v) is 13.9. The molecule has 0 saturated carbocycles. The van der Waals surface area contributed by atoms with Crippen LogP contribution in [0.15, 0.2) is 0 Å². The van der Waals surface area contributed by atoms with Crippen LogP contribution < -0.4 is 10.6 Å². The van der Waals surface area contributed by atoms with Crippen molar-refractivity contribution in [2.75, 3.05) is 13.1 Å². The highest BCUT2D eigenvalue weighted by molar-refractivity contribution is 5.88. The van der Waals surface area contributed by atoms with Crippen LogP contribution in [0.25, 0.3) is 0 Å². The predicted molar refractivity (Wildman–Crippen MR) is 85.5 cm³/mol. The zero-order chi connectivity index (χ0) is 14.5. The van der Waals surface area contributed by atoms with Gasteiger partial charge in [-0.15, -0.1) is 12.4 Å². The largest absolute Gasteiger partial charge is 0.351 e. The average molecular weight is 318 g/mol. The molecule has 2 saturated heterocycles. The third kappa shape index (κ3) is 4.85. The molecule has 2 rings (SSSR count). The lowest BCUT2D eigenvalue weighted by Crippen LogP contribution is -2.52. The van der Waals surface area contributed by atoms with Gasteiger partial charge < -0.3 is 15.5 Å². The summed E-state index contributed by atoms with van der Waals surface area (Å²) in [6, 6.07) is 0.470. The number of nitrogens with zero attached hydrogens (tertiary/aromatic N) is 1. The molecule has 122 valence electrons. The molecule has 5 nitrogen and oxygen atoms in total. The fourth-order valence-electron chi connectivity index (χ4n) is 3.26. The minimum atomic E-state index is -0.237. The Morgan fingerprint density at radius 1 is 1.33 bits per heavy atom. The monoisotopic (exact) mass is 317 g/mol. The van der Waals surface area contributed by atoms with Crippen molar-refractivity contribution < 1.29 is 9.59 Å². The number of amides is 2. The highest BCUT2D eigenvalue weighted by Gasteiger charge is 2.34. The van der Waals surface area contributed by atoms with Gasteiger partial charge in [-0.25, -0.2) is 0 Å². The van der Waals surface area contributed by atoms with E-state index in [1.165, 1.54) is 0 Å². The minimum Gasteiger partial charge on any atom is -0.351 e. The van der Waals surface area contributed by atoms with Crippen LogP contribution >= 0.6 is 12.4 Å². The van der Waals surface area contributed by atoms with Crippen molar-refractivity contribution in [3.05, 3.63) is 0 Å². The molecule has 0 radical (unpaired) electrons. The van der Waals surface area contributed by atoms with Crippen molar-refractivity contribution in [1.82, 2.24) is 15.5 Å². The molecule has 2 N–H and O–H groups in total. The molecule has 0 aromatic carbocycles. The summed E-state index contributed by atoms with van der Waals surface area (Å²) in [5.41, 5.74) is 0. The molecule has 0 bridgehead atoms. The van der Waals surface area contributed by atoms with Gasteiger partial charge in [-0.1, -0.05) is 6.92 Å². The van der Waals surface area contributed by atoms with Crippen LogP contribution in [-0.4, -0.2) is 47.9 Å². The van der Waals surface area contributed by atoms with Crippen molar-refractivity contribution >= 4 is 24.2 Å². The van der Waals surface area contributed by atoms with Crippen LogP contribution in [0.5, 0.6) is 0 Å². The first-order valence-corrected chi connectivity index (χ1v) is 7.95. The van der Waals surface area contributed by atoms with Gasteiger partial charge in [-0.05, 0) is 45.6 Å². The quantitative estimate of drug-likeness (QED) is 0.825. The fourth-order valence-corrected chi connectivity index (χ4v) is 3.26. The number of carbonyl (C=O) groups excluding carboxylic acids is 2. The molecule has 2 heterocycles. The van der Waals surface area contributed by atoms with Crippen LogP contribution in [0.4, 0.5) is 0 Å². The second kappa shape index (κ2) is 8.59. The molecule has 2 amide bonds. The second-order valence-electron chi connectivity index (χ2n) is 6.08. The number of hydrogen-bond donors (Lipinski definition) is 2. The molecule has 3 unspecified atom stereocenters. The summed E-state index contributed by atoms with van der Waals surface area (Å²) in [5, 5.41) is 6.53. The van der Waals surface area contributed by atoms with E-state index in [1.807, 2.05) is 6.92 Å². The maximum absolute atomic E-state index is 12.4. The average Bonchev–Trinajstić information content (AvgIpc) is 2.88. The van der Waals surface area contributed by atoms with E-state index in [2.05, 4.69) is 17.6 Å². The van der Waals surface area contributed by atoms with E-state index < -0.39 is 0 Å². The van der Waals surface area contributed by atoms with Gasteiger partial charge in [0.05, 0.1) is 0 Å². The smallest absolute Gasteiger partial charge is 0.243 e. The molecule has 6 heteroatoms. The molecule has 0 aromatic rings. The first kappa shape index (κ1) is 18.2. The van der Waals surface area contributed by atoms with Crippen molar-refractivity contribution in [1.29, 1.82) is 0 Å². The van der Waals surface area contributed by atoms with Crippen molar-refractivity contribution in [3.8, 4) is 0 Å². The lowest BCUT2D eigenvalue weighted by Gasteiger charge is -2.31. The molecule has 3 atom stereocenters. The summed E-state index contributed by atoms with van der Waals surface area (Å²) in [4.78, 5) is 26.2. The topological polar surface area (TPSA) is 61.4 Å². The third-order valence-electron chi connectivity index (χ3n) is 4.31. The third-order valence-corrected chi connectivity index (χ3v) is 4.31. The molecule has 2 aliphatic rings. The lowest BCUT2D eigenvalue weighted by atomic mass is 10.00. The van der Waals surface area contributed by atoms with Crippen LogP contribution in [-0.2, 0) is 9.59 Å². The van der Waals surface area contributed by atoms with E-state index in [1.54, 1.807) is 4.90 Å². The minimum absolute atomic E-state index is 0. The van der Waals surface area contributed by atoms with Crippen molar-refractivity contribution in [2.45, 2.75) is 70.5 Å². The van der Waals surface area contributed by atoms with Gasteiger partial charge in [-0.2, -0.15) is 0 Å². The summed E-state index contributed by atoms with van der Waals surface area (Å²) in [7, 11) is 0. The molecule has 2 aliphatic heterocycles. The molecule has 21 heavy (non-hydrogen) atoms. The van der Waals surface area contributed by atoms with E-state index in [4.69, 9.17) is 0 Å². The predicted octanol–water partition coefficient (Wildman–Crippen LogP) is 1.46. The van der Waals surface area contributed by atoms with Gasteiger partial charge in [0, 0.05) is 25.0 Å². The Bertz CT molecular complexity index is 365. The van der Waals surface area contributed by atoms with Crippen LogP contribution in [0, 0.1) is 0 Å². The Labute approximate surface area is 133 Å². The van der Waals surface area contributed by atoms with Crippen LogP contribution in [0.3, 0.4) is 0 Å².